The van der Waals surface area contributed by atoms with E-state index in [-0.39, 0.29) is 5.91 Å². The second kappa shape index (κ2) is 5.50. The molecule has 0 unspecified atom stereocenters. The van der Waals surface area contributed by atoms with Gasteiger partial charge >= 0.3 is 0 Å². The zero-order chi connectivity index (χ0) is 13.0. The Morgan fingerprint density at radius 2 is 2.39 bits per heavy atom. The standard InChI is InChI=1S/C12H16N4O2/c1-8-2-3-10(18-8)12-9(7-15-16-12)6-14-5-4-11(13)17/h2-3,7,14H,4-6H2,1H3,(H2,13,17)(H,15,16). The van der Waals surface area contributed by atoms with Crippen LogP contribution in [0.4, 0.5) is 0 Å². The molecule has 6 nitrogen and oxygen atoms in total. The fraction of sp³-hybridized carbons (Fsp3) is 0.333. The minimum absolute atomic E-state index is 0.309. The van der Waals surface area contributed by atoms with Crippen molar-refractivity contribution in [1.82, 2.24) is 15.5 Å². The molecule has 0 aliphatic heterocycles. The number of hydrogen-bond acceptors (Lipinski definition) is 4. The van der Waals surface area contributed by atoms with Gasteiger partial charge in [-0.05, 0) is 19.1 Å². The van der Waals surface area contributed by atoms with Crippen molar-refractivity contribution in [2.45, 2.75) is 19.9 Å². The molecule has 0 saturated carbocycles. The van der Waals surface area contributed by atoms with Gasteiger partial charge in [0, 0.05) is 25.1 Å². The number of hydrogen-bond donors (Lipinski definition) is 3. The normalized spacial score (nSPS) is 10.7. The molecule has 96 valence electrons. The number of carbonyl (C=O) groups is 1. The van der Waals surface area contributed by atoms with Crippen molar-refractivity contribution >= 4 is 5.91 Å². The van der Waals surface area contributed by atoms with Gasteiger partial charge in [-0.3, -0.25) is 9.89 Å². The summed E-state index contributed by atoms with van der Waals surface area (Å²) in [4.78, 5) is 10.6. The zero-order valence-corrected chi connectivity index (χ0v) is 10.2. The monoisotopic (exact) mass is 248 g/mol. The van der Waals surface area contributed by atoms with E-state index in [0.717, 1.165) is 22.8 Å². The van der Waals surface area contributed by atoms with Gasteiger partial charge in [-0.1, -0.05) is 0 Å². The smallest absolute Gasteiger partial charge is 0.218 e. The molecular formula is C12H16N4O2. The summed E-state index contributed by atoms with van der Waals surface area (Å²) in [5, 5.41) is 10.0. The molecular weight excluding hydrogens is 232 g/mol. The van der Waals surface area contributed by atoms with Crippen molar-refractivity contribution in [3.8, 4) is 11.5 Å². The number of primary amides is 1. The van der Waals surface area contributed by atoms with Gasteiger partial charge in [-0.25, -0.2) is 0 Å². The maximum Gasteiger partial charge on any atom is 0.218 e. The first-order valence-corrected chi connectivity index (χ1v) is 5.75. The average Bonchev–Trinajstić information content (AvgIpc) is 2.92. The largest absolute Gasteiger partial charge is 0.460 e. The molecule has 2 rings (SSSR count). The molecule has 2 heterocycles. The third-order valence-corrected chi connectivity index (χ3v) is 2.57. The van der Waals surface area contributed by atoms with Crippen molar-refractivity contribution < 1.29 is 9.21 Å². The molecule has 2 aromatic heterocycles. The van der Waals surface area contributed by atoms with E-state index in [2.05, 4.69) is 15.5 Å². The molecule has 6 heteroatoms. The molecule has 18 heavy (non-hydrogen) atoms. The number of aromatic nitrogens is 2. The number of furan rings is 1. The predicted octanol–water partition coefficient (Wildman–Crippen LogP) is 0.943. The molecule has 0 aliphatic carbocycles. The van der Waals surface area contributed by atoms with Gasteiger partial charge in [0.15, 0.2) is 5.76 Å². The van der Waals surface area contributed by atoms with Crippen LogP contribution in [-0.2, 0) is 11.3 Å². The molecule has 0 saturated heterocycles. The Balaban J connectivity index is 1.98. The number of amides is 1. The van der Waals surface area contributed by atoms with Crippen LogP contribution < -0.4 is 11.1 Å². The summed E-state index contributed by atoms with van der Waals surface area (Å²) in [5.41, 5.74) is 6.91. The van der Waals surface area contributed by atoms with E-state index in [1.165, 1.54) is 0 Å². The van der Waals surface area contributed by atoms with Crippen molar-refractivity contribution in [2.24, 2.45) is 5.73 Å². The zero-order valence-electron chi connectivity index (χ0n) is 10.2. The molecule has 1 amide bonds. The maximum absolute atomic E-state index is 10.6. The SMILES string of the molecule is Cc1ccc(-c2[nH]ncc2CNCCC(N)=O)o1. The first-order valence-electron chi connectivity index (χ1n) is 5.75. The van der Waals surface area contributed by atoms with Crippen LogP contribution in [0.2, 0.25) is 0 Å². The number of nitrogens with two attached hydrogens (primary N) is 1. The van der Waals surface area contributed by atoms with Crippen molar-refractivity contribution in [3.63, 3.8) is 0 Å². The van der Waals surface area contributed by atoms with Crippen molar-refractivity contribution in [1.29, 1.82) is 0 Å². The van der Waals surface area contributed by atoms with Gasteiger partial charge < -0.3 is 15.5 Å². The van der Waals surface area contributed by atoms with Crippen LogP contribution in [-0.4, -0.2) is 22.6 Å². The number of H-pyrrole nitrogens is 1. The minimum Gasteiger partial charge on any atom is -0.460 e. The Morgan fingerprint density at radius 3 is 3.06 bits per heavy atom. The second-order valence-electron chi connectivity index (χ2n) is 4.07. The number of aryl methyl sites for hydroxylation is 1. The fourth-order valence-corrected chi connectivity index (χ4v) is 1.66. The number of rotatable bonds is 6. The van der Waals surface area contributed by atoms with Crippen LogP contribution in [0.3, 0.4) is 0 Å². The highest BCUT2D eigenvalue weighted by molar-refractivity contribution is 5.73. The van der Waals surface area contributed by atoms with Crippen LogP contribution in [0.1, 0.15) is 17.7 Å². The Labute approximate surface area is 105 Å². The highest BCUT2D eigenvalue weighted by Gasteiger charge is 2.10. The van der Waals surface area contributed by atoms with E-state index in [1.54, 1.807) is 6.20 Å². The van der Waals surface area contributed by atoms with Gasteiger partial charge in [-0.2, -0.15) is 5.10 Å². The van der Waals surface area contributed by atoms with Crippen molar-refractivity contribution in [3.05, 3.63) is 29.7 Å². The number of nitrogens with zero attached hydrogens (tertiary/aromatic N) is 1. The van der Waals surface area contributed by atoms with Crippen LogP contribution in [0, 0.1) is 6.92 Å². The van der Waals surface area contributed by atoms with E-state index in [4.69, 9.17) is 10.2 Å². The average molecular weight is 248 g/mol. The summed E-state index contributed by atoms with van der Waals surface area (Å²) in [6.07, 6.45) is 2.07. The topological polar surface area (TPSA) is 96.9 Å². The lowest BCUT2D eigenvalue weighted by atomic mass is 10.2. The molecule has 0 aromatic carbocycles. The first-order chi connectivity index (χ1) is 8.66. The summed E-state index contributed by atoms with van der Waals surface area (Å²) >= 11 is 0. The molecule has 2 aromatic rings. The fourth-order valence-electron chi connectivity index (χ4n) is 1.66. The molecule has 4 N–H and O–H groups in total. The highest BCUT2D eigenvalue weighted by Crippen LogP contribution is 2.22. The van der Waals surface area contributed by atoms with E-state index >= 15 is 0 Å². The summed E-state index contributed by atoms with van der Waals surface area (Å²) in [7, 11) is 0. The van der Waals surface area contributed by atoms with Crippen LogP contribution in [0.25, 0.3) is 11.5 Å². The summed E-state index contributed by atoms with van der Waals surface area (Å²) in [6.45, 7) is 3.06. The van der Waals surface area contributed by atoms with Crippen LogP contribution in [0.5, 0.6) is 0 Å². The summed E-state index contributed by atoms with van der Waals surface area (Å²) in [5.74, 6) is 1.31. The second-order valence-corrected chi connectivity index (χ2v) is 4.07. The lowest BCUT2D eigenvalue weighted by molar-refractivity contribution is -0.117. The van der Waals surface area contributed by atoms with Crippen LogP contribution >= 0.6 is 0 Å². The molecule has 0 atom stereocenters. The van der Waals surface area contributed by atoms with E-state index in [0.29, 0.717) is 19.5 Å². The van der Waals surface area contributed by atoms with Gasteiger partial charge in [0.2, 0.25) is 5.91 Å². The van der Waals surface area contributed by atoms with E-state index in [9.17, 15) is 4.79 Å². The molecule has 0 radical (unpaired) electrons. The lowest BCUT2D eigenvalue weighted by Gasteiger charge is -2.02. The Hall–Kier alpha value is -2.08. The third-order valence-electron chi connectivity index (χ3n) is 2.57. The molecule has 0 spiro atoms. The number of aromatic amines is 1. The van der Waals surface area contributed by atoms with Gasteiger partial charge in [0.05, 0.1) is 6.20 Å². The summed E-state index contributed by atoms with van der Waals surface area (Å²) in [6, 6.07) is 3.80. The maximum atomic E-state index is 10.6. The molecule has 0 fully saturated rings. The number of nitrogens with one attached hydrogen (secondary N) is 2. The van der Waals surface area contributed by atoms with Gasteiger partial charge in [-0.15, -0.1) is 0 Å². The lowest BCUT2D eigenvalue weighted by Crippen LogP contribution is -2.21. The quantitative estimate of drug-likeness (QED) is 0.663. The van der Waals surface area contributed by atoms with Gasteiger partial charge in [0.1, 0.15) is 11.5 Å². The molecule has 0 bridgehead atoms. The predicted molar refractivity (Wildman–Crippen MR) is 66.5 cm³/mol. The summed E-state index contributed by atoms with van der Waals surface area (Å²) < 4.78 is 5.54. The third kappa shape index (κ3) is 2.98. The van der Waals surface area contributed by atoms with Crippen molar-refractivity contribution in [2.75, 3.05) is 6.54 Å². The van der Waals surface area contributed by atoms with Crippen LogP contribution in [0.15, 0.2) is 22.7 Å². The van der Waals surface area contributed by atoms with Gasteiger partial charge in [0.25, 0.3) is 0 Å². The Morgan fingerprint density at radius 1 is 1.56 bits per heavy atom. The first kappa shape index (κ1) is 12.4. The Bertz CT molecular complexity index is 530. The Kier molecular flexibility index (Phi) is 3.78. The minimum atomic E-state index is -0.309. The molecule has 0 aliphatic rings. The van der Waals surface area contributed by atoms with E-state index in [1.807, 2.05) is 19.1 Å². The van der Waals surface area contributed by atoms with E-state index < -0.39 is 0 Å². The number of carbonyl (C=O) groups excluding carboxylic acids is 1. The highest BCUT2D eigenvalue weighted by atomic mass is 16.3.